The van der Waals surface area contributed by atoms with E-state index in [4.69, 9.17) is 10.3 Å². The molecule has 24 heavy (non-hydrogen) atoms. The predicted molar refractivity (Wildman–Crippen MR) is 93.0 cm³/mol. The van der Waals surface area contributed by atoms with Crippen molar-refractivity contribution in [3.63, 3.8) is 0 Å². The molecule has 3 rings (SSSR count). The summed E-state index contributed by atoms with van der Waals surface area (Å²) in [6, 6.07) is 7.55. The van der Waals surface area contributed by atoms with Crippen molar-refractivity contribution in [2.75, 3.05) is 18.8 Å². The normalized spacial score (nSPS) is 17.2. The minimum atomic E-state index is -3.30. The summed E-state index contributed by atoms with van der Waals surface area (Å²) in [5.41, 5.74) is 9.50. The molecule has 1 aromatic carbocycles. The topological polar surface area (TPSA) is 89.4 Å². The maximum Gasteiger partial charge on any atom is 0.222 e. The molecule has 1 aliphatic rings. The monoisotopic (exact) mass is 349 g/mol. The van der Waals surface area contributed by atoms with E-state index in [1.54, 1.807) is 10.4 Å². The number of aryl methyl sites for hydroxylation is 2. The number of piperidine rings is 1. The van der Waals surface area contributed by atoms with Crippen molar-refractivity contribution in [2.45, 2.75) is 38.4 Å². The van der Waals surface area contributed by atoms with Crippen LogP contribution in [0.1, 0.15) is 41.1 Å². The van der Waals surface area contributed by atoms with Gasteiger partial charge in [0.15, 0.2) is 0 Å². The van der Waals surface area contributed by atoms with Crippen molar-refractivity contribution in [2.24, 2.45) is 0 Å². The first-order chi connectivity index (χ1) is 11.3. The highest BCUT2D eigenvalue weighted by molar-refractivity contribution is 7.88. The molecule has 0 saturated carbocycles. The summed E-state index contributed by atoms with van der Waals surface area (Å²) in [6.45, 7) is 5.03. The lowest BCUT2D eigenvalue weighted by atomic mass is 9.95. The number of hydrogen-bond acceptors (Lipinski definition) is 5. The van der Waals surface area contributed by atoms with Crippen LogP contribution in [0.3, 0.4) is 0 Å². The Morgan fingerprint density at radius 1 is 1.21 bits per heavy atom. The van der Waals surface area contributed by atoms with Crippen LogP contribution in [-0.4, -0.2) is 31.0 Å². The number of nitrogens with zero attached hydrogens (tertiary/aromatic N) is 2. The van der Waals surface area contributed by atoms with Crippen molar-refractivity contribution >= 4 is 15.9 Å². The average molecular weight is 349 g/mol. The molecule has 7 heteroatoms. The van der Waals surface area contributed by atoms with Crippen LogP contribution >= 0.6 is 0 Å². The van der Waals surface area contributed by atoms with Gasteiger partial charge in [-0.25, -0.2) is 12.7 Å². The van der Waals surface area contributed by atoms with Gasteiger partial charge in [-0.05, 0) is 43.4 Å². The molecular weight excluding hydrogens is 326 g/mol. The summed E-state index contributed by atoms with van der Waals surface area (Å²) in [6.07, 6.45) is 1.47. The van der Waals surface area contributed by atoms with E-state index in [-0.39, 0.29) is 11.7 Å². The fourth-order valence-corrected chi connectivity index (χ4v) is 4.67. The van der Waals surface area contributed by atoms with Gasteiger partial charge in [0.2, 0.25) is 15.9 Å². The number of nitrogens with two attached hydrogens (primary N) is 1. The number of benzene rings is 1. The highest BCUT2D eigenvalue weighted by Gasteiger charge is 2.30. The molecular formula is C17H23N3O3S. The molecule has 0 atom stereocenters. The molecule has 1 aromatic heterocycles. The van der Waals surface area contributed by atoms with E-state index in [0.717, 1.165) is 29.7 Å². The average Bonchev–Trinajstić information content (AvgIpc) is 2.97. The Kier molecular flexibility index (Phi) is 4.64. The third-order valence-electron chi connectivity index (χ3n) is 4.73. The second-order valence-electron chi connectivity index (χ2n) is 6.50. The molecule has 0 amide bonds. The Balaban J connectivity index is 1.65. The van der Waals surface area contributed by atoms with E-state index >= 15 is 0 Å². The second kappa shape index (κ2) is 6.57. The van der Waals surface area contributed by atoms with Crippen molar-refractivity contribution in [3.8, 4) is 0 Å². The molecule has 2 heterocycles. The zero-order chi connectivity index (χ0) is 17.3. The van der Waals surface area contributed by atoms with Crippen molar-refractivity contribution < 1.29 is 12.9 Å². The Morgan fingerprint density at radius 3 is 2.50 bits per heavy atom. The predicted octanol–water partition coefficient (Wildman–Crippen LogP) is 2.58. The van der Waals surface area contributed by atoms with Crippen LogP contribution in [0.5, 0.6) is 0 Å². The smallest absolute Gasteiger partial charge is 0.222 e. The molecule has 0 radical (unpaired) electrons. The molecule has 0 aliphatic carbocycles. The zero-order valence-electron chi connectivity index (χ0n) is 14.0. The zero-order valence-corrected chi connectivity index (χ0v) is 14.8. The summed E-state index contributed by atoms with van der Waals surface area (Å²) >= 11 is 0. The fourth-order valence-electron chi connectivity index (χ4n) is 3.12. The van der Waals surface area contributed by atoms with Crippen LogP contribution in [0.4, 0.5) is 5.88 Å². The number of aromatic nitrogens is 1. The van der Waals surface area contributed by atoms with Crippen molar-refractivity contribution in [3.05, 3.63) is 46.6 Å². The standard InChI is InChI=1S/C17H23N3O3S/c1-12-3-4-14(9-13(12)2)11-24(21,22)20-7-5-15(6-8-20)16-10-17(18)23-19-16/h3-4,9-10,15H,5-8,11,18H2,1-2H3. The molecule has 6 nitrogen and oxygen atoms in total. The summed E-state index contributed by atoms with van der Waals surface area (Å²) in [4.78, 5) is 0. The van der Waals surface area contributed by atoms with E-state index in [0.29, 0.717) is 19.0 Å². The van der Waals surface area contributed by atoms with Crippen molar-refractivity contribution in [1.82, 2.24) is 9.46 Å². The molecule has 1 aliphatic heterocycles. The van der Waals surface area contributed by atoms with E-state index in [2.05, 4.69) is 5.16 Å². The molecule has 2 aromatic rings. The number of sulfonamides is 1. The summed E-state index contributed by atoms with van der Waals surface area (Å²) in [7, 11) is -3.30. The Hall–Kier alpha value is -1.86. The van der Waals surface area contributed by atoms with Crippen LogP contribution < -0.4 is 5.73 Å². The fraction of sp³-hybridized carbons (Fsp3) is 0.471. The van der Waals surface area contributed by atoms with Gasteiger partial charge in [0.25, 0.3) is 0 Å². The van der Waals surface area contributed by atoms with Gasteiger partial charge in [0.1, 0.15) is 0 Å². The number of nitrogen functional groups attached to an aromatic ring is 1. The first-order valence-electron chi connectivity index (χ1n) is 8.11. The largest absolute Gasteiger partial charge is 0.368 e. The summed E-state index contributed by atoms with van der Waals surface area (Å²) < 4.78 is 31.8. The Labute approximate surface area is 142 Å². The van der Waals surface area contributed by atoms with Crippen LogP contribution in [0.15, 0.2) is 28.8 Å². The molecule has 0 unspecified atom stereocenters. The molecule has 0 bridgehead atoms. The highest BCUT2D eigenvalue weighted by atomic mass is 32.2. The summed E-state index contributed by atoms with van der Waals surface area (Å²) in [5, 5.41) is 3.94. The maximum atomic E-state index is 12.7. The first-order valence-corrected chi connectivity index (χ1v) is 9.72. The van der Waals surface area contributed by atoms with Crippen LogP contribution in [0.2, 0.25) is 0 Å². The Morgan fingerprint density at radius 2 is 1.92 bits per heavy atom. The van der Waals surface area contributed by atoms with E-state index in [1.165, 1.54) is 5.56 Å². The van der Waals surface area contributed by atoms with Crippen LogP contribution in [0, 0.1) is 13.8 Å². The van der Waals surface area contributed by atoms with Gasteiger partial charge in [-0.1, -0.05) is 23.4 Å². The third-order valence-corrected chi connectivity index (χ3v) is 6.58. The Bertz CT molecular complexity index is 821. The lowest BCUT2D eigenvalue weighted by molar-refractivity contribution is 0.309. The quantitative estimate of drug-likeness (QED) is 0.916. The van der Waals surface area contributed by atoms with Crippen LogP contribution in [0.25, 0.3) is 0 Å². The van der Waals surface area contributed by atoms with Gasteiger partial charge in [-0.3, -0.25) is 0 Å². The van der Waals surface area contributed by atoms with Gasteiger partial charge in [-0.2, -0.15) is 0 Å². The molecule has 1 saturated heterocycles. The lowest BCUT2D eigenvalue weighted by Gasteiger charge is -2.30. The molecule has 0 spiro atoms. The van der Waals surface area contributed by atoms with Gasteiger partial charge in [0, 0.05) is 25.1 Å². The second-order valence-corrected chi connectivity index (χ2v) is 8.47. The SMILES string of the molecule is Cc1ccc(CS(=O)(=O)N2CCC(c3cc(N)on3)CC2)cc1C. The van der Waals surface area contributed by atoms with Crippen molar-refractivity contribution in [1.29, 1.82) is 0 Å². The molecule has 2 N–H and O–H groups in total. The van der Waals surface area contributed by atoms with Gasteiger partial charge in [0.05, 0.1) is 11.4 Å². The highest BCUT2D eigenvalue weighted by Crippen LogP contribution is 2.30. The summed E-state index contributed by atoms with van der Waals surface area (Å²) in [5.74, 6) is 0.560. The van der Waals surface area contributed by atoms with Crippen LogP contribution in [-0.2, 0) is 15.8 Å². The van der Waals surface area contributed by atoms with E-state index in [9.17, 15) is 8.42 Å². The van der Waals surface area contributed by atoms with E-state index in [1.807, 2.05) is 32.0 Å². The first kappa shape index (κ1) is 17.0. The minimum Gasteiger partial charge on any atom is -0.368 e. The third kappa shape index (κ3) is 3.62. The molecule has 130 valence electrons. The minimum absolute atomic E-state index is 0.0513. The van der Waals surface area contributed by atoms with E-state index < -0.39 is 10.0 Å². The number of anilines is 1. The number of hydrogen-bond donors (Lipinski definition) is 1. The van der Waals surface area contributed by atoms with Gasteiger partial charge < -0.3 is 10.3 Å². The number of rotatable bonds is 4. The maximum absolute atomic E-state index is 12.7. The lowest BCUT2D eigenvalue weighted by Crippen LogP contribution is -2.38. The molecule has 1 fully saturated rings. The van der Waals surface area contributed by atoms with Gasteiger partial charge in [-0.15, -0.1) is 0 Å². The van der Waals surface area contributed by atoms with Gasteiger partial charge >= 0.3 is 0 Å².